The molecule has 2 N–H and O–H groups in total. The van der Waals surface area contributed by atoms with Gasteiger partial charge in [-0.05, 0) is 67.6 Å². The van der Waals surface area contributed by atoms with Crippen molar-refractivity contribution in [2.24, 2.45) is 47.2 Å². The maximum atomic E-state index is 6.37. The highest BCUT2D eigenvalue weighted by Crippen LogP contribution is 2.49. The van der Waals surface area contributed by atoms with Crippen LogP contribution in [0.2, 0.25) is 0 Å². The van der Waals surface area contributed by atoms with Crippen molar-refractivity contribution in [1.29, 1.82) is 0 Å². The summed E-state index contributed by atoms with van der Waals surface area (Å²) < 4.78 is 0. The van der Waals surface area contributed by atoms with Crippen LogP contribution in [0.4, 0.5) is 0 Å². The van der Waals surface area contributed by atoms with E-state index in [2.05, 4.69) is 61.5 Å². The van der Waals surface area contributed by atoms with Gasteiger partial charge in [-0.2, -0.15) is 0 Å². The second kappa shape index (κ2) is 8.52. The molecule has 22 heavy (non-hydrogen) atoms. The highest BCUT2D eigenvalue weighted by molar-refractivity contribution is 5.06. The van der Waals surface area contributed by atoms with Gasteiger partial charge >= 0.3 is 0 Å². The summed E-state index contributed by atoms with van der Waals surface area (Å²) in [4.78, 5) is 0. The van der Waals surface area contributed by atoms with Crippen molar-refractivity contribution < 1.29 is 0 Å². The molecule has 1 heteroatoms. The summed E-state index contributed by atoms with van der Waals surface area (Å²) in [7, 11) is 0. The molecule has 0 aromatic carbocycles. The first-order chi connectivity index (χ1) is 10.2. The fourth-order valence-corrected chi connectivity index (χ4v) is 4.52. The summed E-state index contributed by atoms with van der Waals surface area (Å²) in [6.07, 6.45) is 6.24. The number of nitrogens with two attached hydrogens (primary N) is 1. The molecule has 1 rings (SSSR count). The molecule has 0 saturated heterocycles. The summed E-state index contributed by atoms with van der Waals surface area (Å²) in [6, 6.07) is 0.406. The molecule has 1 fully saturated rings. The molecule has 1 aliphatic carbocycles. The normalized spacial score (nSPS) is 32.8. The first kappa shape index (κ1) is 19.7. The van der Waals surface area contributed by atoms with Crippen molar-refractivity contribution >= 4 is 0 Å². The molecule has 1 nitrogen and oxygen atoms in total. The molecule has 0 spiro atoms. The zero-order valence-electron chi connectivity index (χ0n) is 16.4. The van der Waals surface area contributed by atoms with Crippen LogP contribution in [0.15, 0.2) is 11.6 Å². The first-order valence-corrected chi connectivity index (χ1v) is 9.68. The van der Waals surface area contributed by atoms with Gasteiger partial charge in [0, 0.05) is 6.04 Å². The SMILES string of the molecule is CCC(C)/C(C)=C/C(C)C(C)C(C)C1C(C)CC1C(N)CC. The van der Waals surface area contributed by atoms with E-state index in [0.29, 0.717) is 17.9 Å². The predicted molar refractivity (Wildman–Crippen MR) is 99.7 cm³/mol. The van der Waals surface area contributed by atoms with Crippen LogP contribution in [0, 0.1) is 41.4 Å². The zero-order valence-corrected chi connectivity index (χ0v) is 16.4. The minimum atomic E-state index is 0.406. The standard InChI is InChI=1S/C21H41N/c1-9-13(3)14(4)11-15(5)17(7)18(8)21-16(6)12-19(21)20(22)10-2/h11,13,15-21H,9-10,12,22H2,1-8H3/b14-11+. The smallest absolute Gasteiger partial charge is 0.00674 e. The third kappa shape index (κ3) is 4.37. The van der Waals surface area contributed by atoms with Crippen molar-refractivity contribution in [3.05, 3.63) is 11.6 Å². The van der Waals surface area contributed by atoms with E-state index >= 15 is 0 Å². The summed E-state index contributed by atoms with van der Waals surface area (Å²) in [6.45, 7) is 18.9. The monoisotopic (exact) mass is 307 g/mol. The van der Waals surface area contributed by atoms with Crippen LogP contribution in [0.5, 0.6) is 0 Å². The molecule has 8 unspecified atom stereocenters. The average Bonchev–Trinajstić information content (AvgIpc) is 2.49. The number of hydrogen-bond acceptors (Lipinski definition) is 1. The van der Waals surface area contributed by atoms with Crippen LogP contribution >= 0.6 is 0 Å². The van der Waals surface area contributed by atoms with Gasteiger partial charge in [-0.1, -0.05) is 60.1 Å². The molecule has 0 aliphatic heterocycles. The Morgan fingerprint density at radius 1 is 1.14 bits per heavy atom. The molecular weight excluding hydrogens is 266 g/mol. The van der Waals surface area contributed by atoms with Crippen molar-refractivity contribution in [3.63, 3.8) is 0 Å². The lowest BCUT2D eigenvalue weighted by Crippen LogP contribution is -2.50. The van der Waals surface area contributed by atoms with Crippen LogP contribution in [-0.2, 0) is 0 Å². The lowest BCUT2D eigenvalue weighted by Gasteiger charge is -2.51. The fourth-order valence-electron chi connectivity index (χ4n) is 4.52. The van der Waals surface area contributed by atoms with Crippen LogP contribution in [0.25, 0.3) is 0 Å². The molecule has 1 aliphatic rings. The van der Waals surface area contributed by atoms with Gasteiger partial charge in [0.15, 0.2) is 0 Å². The van der Waals surface area contributed by atoms with E-state index in [4.69, 9.17) is 5.73 Å². The lowest BCUT2D eigenvalue weighted by atomic mass is 9.55. The molecule has 0 aromatic rings. The Kier molecular flexibility index (Phi) is 7.65. The Morgan fingerprint density at radius 3 is 2.18 bits per heavy atom. The quantitative estimate of drug-likeness (QED) is 0.555. The van der Waals surface area contributed by atoms with Crippen LogP contribution < -0.4 is 5.73 Å². The van der Waals surface area contributed by atoms with E-state index in [0.717, 1.165) is 36.0 Å². The molecule has 0 amide bonds. The minimum Gasteiger partial charge on any atom is -0.327 e. The Bertz CT molecular complexity index is 359. The van der Waals surface area contributed by atoms with Crippen LogP contribution in [0.3, 0.4) is 0 Å². The Morgan fingerprint density at radius 2 is 1.73 bits per heavy atom. The average molecular weight is 308 g/mol. The highest BCUT2D eigenvalue weighted by Gasteiger charge is 2.45. The Balaban J connectivity index is 2.73. The zero-order chi connectivity index (χ0) is 17.0. The minimum absolute atomic E-state index is 0.406. The van der Waals surface area contributed by atoms with E-state index < -0.39 is 0 Å². The molecular formula is C21H41N. The first-order valence-electron chi connectivity index (χ1n) is 9.68. The topological polar surface area (TPSA) is 26.0 Å². The molecule has 0 heterocycles. The summed E-state index contributed by atoms with van der Waals surface area (Å²) in [5, 5.41) is 0. The summed E-state index contributed by atoms with van der Waals surface area (Å²) in [5.41, 5.74) is 7.94. The number of allylic oxidation sites excluding steroid dienone is 2. The van der Waals surface area contributed by atoms with E-state index in [9.17, 15) is 0 Å². The van der Waals surface area contributed by atoms with Gasteiger partial charge in [-0.15, -0.1) is 0 Å². The molecule has 0 bridgehead atoms. The van der Waals surface area contributed by atoms with Gasteiger partial charge in [0.25, 0.3) is 0 Å². The van der Waals surface area contributed by atoms with E-state index in [1.807, 2.05) is 0 Å². The lowest BCUT2D eigenvalue weighted by molar-refractivity contribution is -0.00761. The highest BCUT2D eigenvalue weighted by atomic mass is 14.7. The van der Waals surface area contributed by atoms with E-state index in [1.54, 1.807) is 5.57 Å². The molecule has 0 aromatic heterocycles. The third-order valence-corrected chi connectivity index (χ3v) is 7.00. The van der Waals surface area contributed by atoms with Crippen LogP contribution in [-0.4, -0.2) is 6.04 Å². The maximum Gasteiger partial charge on any atom is 0.00674 e. The fraction of sp³-hybridized carbons (Fsp3) is 0.905. The summed E-state index contributed by atoms with van der Waals surface area (Å²) in [5.74, 6) is 5.31. The van der Waals surface area contributed by atoms with Crippen molar-refractivity contribution in [3.8, 4) is 0 Å². The number of rotatable bonds is 8. The second-order valence-electron chi connectivity index (χ2n) is 8.32. The number of hydrogen-bond donors (Lipinski definition) is 1. The molecule has 8 atom stereocenters. The van der Waals surface area contributed by atoms with Gasteiger partial charge in [0.2, 0.25) is 0 Å². The van der Waals surface area contributed by atoms with Gasteiger partial charge in [0.05, 0.1) is 0 Å². The van der Waals surface area contributed by atoms with Crippen molar-refractivity contribution in [2.45, 2.75) is 80.7 Å². The Hall–Kier alpha value is -0.300. The van der Waals surface area contributed by atoms with Gasteiger partial charge in [-0.3, -0.25) is 0 Å². The van der Waals surface area contributed by atoms with E-state index in [-0.39, 0.29) is 0 Å². The molecule has 0 radical (unpaired) electrons. The van der Waals surface area contributed by atoms with Crippen molar-refractivity contribution in [2.75, 3.05) is 0 Å². The van der Waals surface area contributed by atoms with Gasteiger partial charge in [-0.25, -0.2) is 0 Å². The maximum absolute atomic E-state index is 6.37. The largest absolute Gasteiger partial charge is 0.327 e. The Labute approximate surface area is 140 Å². The van der Waals surface area contributed by atoms with Crippen molar-refractivity contribution in [1.82, 2.24) is 0 Å². The third-order valence-electron chi connectivity index (χ3n) is 7.00. The van der Waals surface area contributed by atoms with E-state index in [1.165, 1.54) is 12.8 Å². The predicted octanol–water partition coefficient (Wildman–Crippen LogP) is 5.90. The second-order valence-corrected chi connectivity index (χ2v) is 8.32. The molecule has 130 valence electrons. The van der Waals surface area contributed by atoms with Gasteiger partial charge < -0.3 is 5.73 Å². The summed E-state index contributed by atoms with van der Waals surface area (Å²) >= 11 is 0. The van der Waals surface area contributed by atoms with Crippen LogP contribution in [0.1, 0.15) is 74.7 Å². The molecule has 1 saturated carbocycles. The van der Waals surface area contributed by atoms with Gasteiger partial charge in [0.1, 0.15) is 0 Å².